The molecule has 0 atom stereocenters. The van der Waals surface area contributed by atoms with Crippen molar-refractivity contribution in [3.8, 4) is 0 Å². The molecule has 0 aliphatic carbocycles. The van der Waals surface area contributed by atoms with Gasteiger partial charge >= 0.3 is 0 Å². The molecule has 1 aromatic rings. The maximum atomic E-state index is 13.3. The fourth-order valence-corrected chi connectivity index (χ4v) is 1.70. The van der Waals surface area contributed by atoms with Gasteiger partial charge < -0.3 is 14.8 Å². The van der Waals surface area contributed by atoms with Crippen LogP contribution in [0.4, 0.5) is 4.39 Å². The maximum absolute atomic E-state index is 13.3. The first-order valence-corrected chi connectivity index (χ1v) is 6.84. The first kappa shape index (κ1) is 16.1. The van der Waals surface area contributed by atoms with E-state index in [-0.39, 0.29) is 18.0 Å². The number of carbonyl (C=O) groups excluding carboxylic acids is 1. The van der Waals surface area contributed by atoms with E-state index in [1.165, 1.54) is 12.1 Å². The van der Waals surface area contributed by atoms with Crippen LogP contribution in [0.2, 0.25) is 0 Å². The Morgan fingerprint density at radius 3 is 2.53 bits per heavy atom. The fourth-order valence-electron chi connectivity index (χ4n) is 1.45. The van der Waals surface area contributed by atoms with Gasteiger partial charge in [0.15, 0.2) is 6.29 Å². The lowest BCUT2D eigenvalue weighted by Crippen LogP contribution is -2.35. The van der Waals surface area contributed by atoms with Crippen LogP contribution in [0.15, 0.2) is 22.7 Å². The molecule has 106 valence electrons. The van der Waals surface area contributed by atoms with E-state index >= 15 is 0 Å². The molecule has 0 radical (unpaired) electrons. The minimum absolute atomic E-state index is 0.220. The predicted molar refractivity (Wildman–Crippen MR) is 73.5 cm³/mol. The minimum atomic E-state index is -0.487. The molecule has 0 fully saturated rings. The second kappa shape index (κ2) is 8.24. The van der Waals surface area contributed by atoms with Crippen molar-refractivity contribution in [1.82, 2.24) is 5.32 Å². The molecule has 0 spiro atoms. The molecule has 0 heterocycles. The Balaban J connectivity index is 2.56. The standard InChI is InChI=1S/C13H17BrFNO3/c1-3-18-12(19-4-2)8-16-13(17)9-5-6-10(14)11(15)7-9/h5-7,12H,3-4,8H2,1-2H3,(H,16,17). The molecular weight excluding hydrogens is 317 g/mol. The number of hydrogen-bond donors (Lipinski definition) is 1. The van der Waals surface area contributed by atoms with Gasteiger partial charge in [0.2, 0.25) is 0 Å². The number of nitrogens with one attached hydrogen (secondary N) is 1. The van der Waals surface area contributed by atoms with Gasteiger partial charge in [-0.15, -0.1) is 0 Å². The number of halogens is 2. The lowest BCUT2D eigenvalue weighted by molar-refractivity contribution is -0.131. The smallest absolute Gasteiger partial charge is 0.251 e. The molecule has 0 unspecified atom stereocenters. The number of carbonyl (C=O) groups is 1. The second-order valence-corrected chi connectivity index (χ2v) is 4.53. The summed E-state index contributed by atoms with van der Waals surface area (Å²) in [5.74, 6) is -0.838. The average Bonchev–Trinajstić information content (AvgIpc) is 2.39. The van der Waals surface area contributed by atoms with Crippen molar-refractivity contribution in [3.05, 3.63) is 34.1 Å². The molecule has 4 nitrogen and oxygen atoms in total. The SMILES string of the molecule is CCOC(CNC(=O)c1ccc(Br)c(F)c1)OCC. The molecule has 0 saturated heterocycles. The Morgan fingerprint density at radius 1 is 1.37 bits per heavy atom. The third kappa shape index (κ3) is 5.26. The van der Waals surface area contributed by atoms with Crippen LogP contribution >= 0.6 is 15.9 Å². The van der Waals surface area contributed by atoms with E-state index in [0.717, 1.165) is 0 Å². The monoisotopic (exact) mass is 333 g/mol. The topological polar surface area (TPSA) is 47.6 Å². The zero-order valence-corrected chi connectivity index (χ0v) is 12.5. The third-order valence-electron chi connectivity index (χ3n) is 2.32. The Labute approximate surface area is 120 Å². The van der Waals surface area contributed by atoms with E-state index in [0.29, 0.717) is 17.7 Å². The van der Waals surface area contributed by atoms with Crippen molar-refractivity contribution in [2.45, 2.75) is 20.1 Å². The number of ether oxygens (including phenoxy) is 2. The maximum Gasteiger partial charge on any atom is 0.251 e. The van der Waals surface area contributed by atoms with Crippen LogP contribution in [-0.4, -0.2) is 32.0 Å². The normalized spacial score (nSPS) is 10.8. The summed E-state index contributed by atoms with van der Waals surface area (Å²) in [6.07, 6.45) is -0.487. The van der Waals surface area contributed by atoms with Crippen molar-refractivity contribution in [3.63, 3.8) is 0 Å². The van der Waals surface area contributed by atoms with Gasteiger partial charge in [-0.2, -0.15) is 0 Å². The van der Waals surface area contributed by atoms with E-state index in [1.54, 1.807) is 6.07 Å². The molecule has 1 rings (SSSR count). The molecule has 0 saturated carbocycles. The van der Waals surface area contributed by atoms with Crippen LogP contribution in [0, 0.1) is 5.82 Å². The van der Waals surface area contributed by atoms with E-state index in [9.17, 15) is 9.18 Å². The Kier molecular flexibility index (Phi) is 6.97. The van der Waals surface area contributed by atoms with Crippen molar-refractivity contribution < 1.29 is 18.7 Å². The Morgan fingerprint density at radius 2 is 2.00 bits per heavy atom. The largest absolute Gasteiger partial charge is 0.351 e. The molecule has 0 aromatic heterocycles. The first-order chi connectivity index (χ1) is 9.08. The highest BCUT2D eigenvalue weighted by Crippen LogP contribution is 2.16. The van der Waals surface area contributed by atoms with Crippen molar-refractivity contribution in [2.24, 2.45) is 0 Å². The molecule has 1 amide bonds. The summed E-state index contributed by atoms with van der Waals surface area (Å²) in [4.78, 5) is 11.8. The summed E-state index contributed by atoms with van der Waals surface area (Å²) in [5.41, 5.74) is 0.257. The van der Waals surface area contributed by atoms with Gasteiger partial charge in [-0.25, -0.2) is 4.39 Å². The van der Waals surface area contributed by atoms with Crippen LogP contribution in [0.5, 0.6) is 0 Å². The number of hydrogen-bond acceptors (Lipinski definition) is 3. The molecule has 1 N–H and O–H groups in total. The molecule has 0 aliphatic rings. The molecule has 1 aromatic carbocycles. The van der Waals surface area contributed by atoms with Crippen LogP contribution in [0.1, 0.15) is 24.2 Å². The van der Waals surface area contributed by atoms with Gasteiger partial charge in [0.25, 0.3) is 5.91 Å². The number of benzene rings is 1. The van der Waals surface area contributed by atoms with E-state index in [1.807, 2.05) is 13.8 Å². The first-order valence-electron chi connectivity index (χ1n) is 6.04. The van der Waals surface area contributed by atoms with Crippen molar-refractivity contribution in [2.75, 3.05) is 19.8 Å². The molecule has 0 bridgehead atoms. The fraction of sp³-hybridized carbons (Fsp3) is 0.462. The van der Waals surface area contributed by atoms with Crippen LogP contribution < -0.4 is 5.32 Å². The minimum Gasteiger partial charge on any atom is -0.351 e. The lowest BCUT2D eigenvalue weighted by atomic mass is 10.2. The Hall–Kier alpha value is -0.980. The van der Waals surface area contributed by atoms with Crippen molar-refractivity contribution in [1.29, 1.82) is 0 Å². The summed E-state index contributed by atoms with van der Waals surface area (Å²) < 4.78 is 24.2. The van der Waals surface area contributed by atoms with Gasteiger partial charge in [-0.3, -0.25) is 4.79 Å². The lowest BCUT2D eigenvalue weighted by Gasteiger charge is -2.17. The predicted octanol–water partition coefficient (Wildman–Crippen LogP) is 2.72. The molecule has 19 heavy (non-hydrogen) atoms. The highest BCUT2D eigenvalue weighted by molar-refractivity contribution is 9.10. The van der Waals surface area contributed by atoms with E-state index < -0.39 is 12.1 Å². The van der Waals surface area contributed by atoms with Crippen LogP contribution in [0.25, 0.3) is 0 Å². The van der Waals surface area contributed by atoms with E-state index in [2.05, 4.69) is 21.2 Å². The number of amides is 1. The second-order valence-electron chi connectivity index (χ2n) is 3.68. The van der Waals surface area contributed by atoms with Gasteiger partial charge in [0.1, 0.15) is 5.82 Å². The van der Waals surface area contributed by atoms with Gasteiger partial charge in [-0.05, 0) is 48.0 Å². The van der Waals surface area contributed by atoms with E-state index in [4.69, 9.17) is 9.47 Å². The van der Waals surface area contributed by atoms with Gasteiger partial charge in [0, 0.05) is 18.8 Å². The highest BCUT2D eigenvalue weighted by Gasteiger charge is 2.12. The highest BCUT2D eigenvalue weighted by atomic mass is 79.9. The summed E-state index contributed by atoms with van der Waals surface area (Å²) in [6, 6.07) is 4.21. The molecule has 0 aliphatic heterocycles. The molecule has 6 heteroatoms. The third-order valence-corrected chi connectivity index (χ3v) is 2.96. The zero-order chi connectivity index (χ0) is 14.3. The summed E-state index contributed by atoms with van der Waals surface area (Å²) >= 11 is 3.04. The quantitative estimate of drug-likeness (QED) is 0.780. The summed E-state index contributed by atoms with van der Waals surface area (Å²) in [5, 5.41) is 2.64. The van der Waals surface area contributed by atoms with Crippen LogP contribution in [-0.2, 0) is 9.47 Å². The van der Waals surface area contributed by atoms with Gasteiger partial charge in [0.05, 0.1) is 11.0 Å². The zero-order valence-electron chi connectivity index (χ0n) is 10.9. The Bertz CT molecular complexity index is 422. The summed E-state index contributed by atoms with van der Waals surface area (Å²) in [7, 11) is 0. The summed E-state index contributed by atoms with van der Waals surface area (Å²) in [6.45, 7) is 4.90. The van der Waals surface area contributed by atoms with Crippen molar-refractivity contribution >= 4 is 21.8 Å². The number of rotatable bonds is 7. The molecular formula is C13H17BrFNO3. The van der Waals surface area contributed by atoms with Gasteiger partial charge in [-0.1, -0.05) is 0 Å². The van der Waals surface area contributed by atoms with Crippen LogP contribution in [0.3, 0.4) is 0 Å². The average molecular weight is 334 g/mol.